The molecule has 3 aliphatic heterocycles. The molecule has 0 aliphatic carbocycles. The van der Waals surface area contributed by atoms with Crippen molar-refractivity contribution in [1.29, 1.82) is 5.26 Å². The molecule has 9 nitrogen and oxygen atoms in total. The average molecular weight is 514 g/mol. The van der Waals surface area contributed by atoms with Crippen LogP contribution < -0.4 is 10.6 Å². The first-order valence-corrected chi connectivity index (χ1v) is 12.3. The topological polar surface area (TPSA) is 121 Å². The lowest BCUT2D eigenvalue weighted by molar-refractivity contribution is -0.139. The quantitative estimate of drug-likeness (QED) is 0.600. The lowest BCUT2D eigenvalue weighted by Crippen LogP contribution is -2.40. The van der Waals surface area contributed by atoms with Crippen LogP contribution in [-0.4, -0.2) is 49.3 Å². The molecule has 5 rings (SSSR count). The van der Waals surface area contributed by atoms with Gasteiger partial charge in [-0.3, -0.25) is 9.89 Å². The van der Waals surface area contributed by atoms with Crippen molar-refractivity contribution in [3.05, 3.63) is 93.8 Å². The van der Waals surface area contributed by atoms with E-state index in [1.807, 2.05) is 18.2 Å². The average Bonchev–Trinajstić information content (AvgIpc) is 3.56. The minimum atomic E-state index is -0.906. The summed E-state index contributed by atoms with van der Waals surface area (Å²) >= 11 is 1.58. The largest absolute Gasteiger partial charge is 0.466 e. The van der Waals surface area contributed by atoms with Gasteiger partial charge in [-0.1, -0.05) is 54.2 Å². The first-order valence-electron chi connectivity index (χ1n) is 11.4. The van der Waals surface area contributed by atoms with Crippen molar-refractivity contribution in [2.45, 2.75) is 5.92 Å². The molecule has 37 heavy (non-hydrogen) atoms. The van der Waals surface area contributed by atoms with Crippen LogP contribution in [0.25, 0.3) is 5.70 Å². The van der Waals surface area contributed by atoms with Crippen LogP contribution in [0.3, 0.4) is 0 Å². The maximum atomic E-state index is 13.2. The lowest BCUT2D eigenvalue weighted by atomic mass is 9.81. The summed E-state index contributed by atoms with van der Waals surface area (Å²) in [5.41, 5.74) is 9.66. The molecule has 1 unspecified atom stereocenters. The van der Waals surface area contributed by atoms with Gasteiger partial charge in [0.25, 0.3) is 0 Å². The summed E-state index contributed by atoms with van der Waals surface area (Å²) in [6.07, 6.45) is 0. The van der Waals surface area contributed by atoms with Gasteiger partial charge in [0.2, 0.25) is 0 Å². The predicted molar refractivity (Wildman–Crippen MR) is 141 cm³/mol. The highest BCUT2D eigenvalue weighted by Crippen LogP contribution is 2.43. The molecular weight excluding hydrogens is 490 g/mol. The number of nitrogens with zero attached hydrogens (tertiary/aromatic N) is 4. The molecule has 0 saturated carbocycles. The van der Waals surface area contributed by atoms with E-state index in [4.69, 9.17) is 15.2 Å². The zero-order valence-electron chi connectivity index (χ0n) is 20.2. The third-order valence-corrected chi connectivity index (χ3v) is 7.30. The summed E-state index contributed by atoms with van der Waals surface area (Å²) in [6, 6.07) is 18.4. The van der Waals surface area contributed by atoms with E-state index in [2.05, 4.69) is 21.4 Å². The van der Waals surface area contributed by atoms with Crippen molar-refractivity contribution < 1.29 is 19.1 Å². The number of thioether (sulfide) groups is 1. The molecule has 1 atom stereocenters. The Morgan fingerprint density at radius 1 is 1.08 bits per heavy atom. The Morgan fingerprint density at radius 3 is 2.43 bits per heavy atom. The molecule has 3 aliphatic rings. The molecular formula is C27H23N5O4S. The van der Waals surface area contributed by atoms with Gasteiger partial charge < -0.3 is 20.1 Å². The first-order chi connectivity index (χ1) is 18.0. The molecule has 0 saturated heterocycles. The van der Waals surface area contributed by atoms with Crippen LogP contribution in [-0.2, 0) is 19.1 Å². The summed E-state index contributed by atoms with van der Waals surface area (Å²) in [7, 11) is 2.45. The smallest absolute Gasteiger partial charge is 0.355 e. The van der Waals surface area contributed by atoms with Crippen molar-refractivity contribution in [3.63, 3.8) is 0 Å². The van der Waals surface area contributed by atoms with Gasteiger partial charge in [0.1, 0.15) is 11.5 Å². The number of fused-ring (bicyclic) bond motifs is 1. The van der Waals surface area contributed by atoms with Gasteiger partial charge >= 0.3 is 11.9 Å². The molecule has 0 radical (unpaired) electrons. The van der Waals surface area contributed by atoms with Crippen molar-refractivity contribution in [2.24, 2.45) is 10.7 Å². The van der Waals surface area contributed by atoms with Crippen LogP contribution in [0.5, 0.6) is 0 Å². The van der Waals surface area contributed by atoms with E-state index in [9.17, 15) is 14.9 Å². The van der Waals surface area contributed by atoms with E-state index in [1.165, 1.54) is 19.1 Å². The number of rotatable bonds is 5. The number of esters is 2. The van der Waals surface area contributed by atoms with Crippen molar-refractivity contribution in [1.82, 2.24) is 4.90 Å². The summed E-state index contributed by atoms with van der Waals surface area (Å²) in [5.74, 6) is -2.41. The van der Waals surface area contributed by atoms with E-state index in [1.54, 1.807) is 48.2 Å². The Balaban J connectivity index is 1.66. The SMILES string of the molecule is COC(=O)C1=C(C(=O)OC)N(c2ccc(C3=CSC4=NCCN34)cc2)C(N)=C(C#N)C1c1ccccc1. The maximum absolute atomic E-state index is 13.2. The normalized spacial score (nSPS) is 18.8. The van der Waals surface area contributed by atoms with Crippen LogP contribution in [0.2, 0.25) is 0 Å². The molecule has 0 aromatic heterocycles. The number of allylic oxidation sites excluding steroid dienone is 1. The van der Waals surface area contributed by atoms with Crippen LogP contribution >= 0.6 is 11.8 Å². The van der Waals surface area contributed by atoms with Gasteiger partial charge in [-0.2, -0.15) is 5.26 Å². The van der Waals surface area contributed by atoms with E-state index in [0.717, 1.165) is 29.5 Å². The molecule has 2 aromatic rings. The Kier molecular flexibility index (Phi) is 6.46. The zero-order chi connectivity index (χ0) is 26.1. The van der Waals surface area contributed by atoms with Gasteiger partial charge in [0, 0.05) is 17.6 Å². The highest BCUT2D eigenvalue weighted by atomic mass is 32.2. The molecule has 0 amide bonds. The molecule has 186 valence electrons. The fraction of sp³-hybridized carbons (Fsp3) is 0.185. The van der Waals surface area contributed by atoms with Crippen molar-refractivity contribution >= 4 is 40.3 Å². The highest BCUT2D eigenvalue weighted by Gasteiger charge is 2.43. The zero-order valence-corrected chi connectivity index (χ0v) is 21.0. The molecule has 10 heteroatoms. The number of carbonyl (C=O) groups is 2. The van der Waals surface area contributed by atoms with Crippen LogP contribution in [0, 0.1) is 11.3 Å². The number of carbonyl (C=O) groups excluding carboxylic acids is 2. The fourth-order valence-corrected chi connectivity index (χ4v) is 5.67. The summed E-state index contributed by atoms with van der Waals surface area (Å²) in [4.78, 5) is 34.4. The Hall–Kier alpha value is -4.49. The number of ether oxygens (including phenoxy) is 2. The number of methoxy groups -OCH3 is 2. The third kappa shape index (κ3) is 4.03. The predicted octanol–water partition coefficient (Wildman–Crippen LogP) is 3.30. The second-order valence-electron chi connectivity index (χ2n) is 8.32. The monoisotopic (exact) mass is 513 g/mol. The van der Waals surface area contributed by atoms with E-state index in [-0.39, 0.29) is 22.7 Å². The maximum Gasteiger partial charge on any atom is 0.355 e. The Morgan fingerprint density at radius 2 is 1.78 bits per heavy atom. The van der Waals surface area contributed by atoms with Crippen LogP contribution in [0.4, 0.5) is 5.69 Å². The molecule has 2 N–H and O–H groups in total. The lowest BCUT2D eigenvalue weighted by Gasteiger charge is -2.36. The Bertz CT molecular complexity index is 1440. The van der Waals surface area contributed by atoms with Crippen molar-refractivity contribution in [3.8, 4) is 6.07 Å². The second-order valence-corrected chi connectivity index (χ2v) is 9.16. The molecule has 0 fully saturated rings. The number of nitrogens with two attached hydrogens (primary N) is 1. The van der Waals surface area contributed by atoms with Gasteiger partial charge in [-0.15, -0.1) is 0 Å². The van der Waals surface area contributed by atoms with Gasteiger partial charge in [0.05, 0.1) is 49.6 Å². The minimum Gasteiger partial charge on any atom is -0.466 e. The number of aliphatic imine (C=N–C) groups is 1. The summed E-state index contributed by atoms with van der Waals surface area (Å²) < 4.78 is 10.2. The number of nitriles is 1. The summed E-state index contributed by atoms with van der Waals surface area (Å²) in [6.45, 7) is 1.58. The second kappa shape index (κ2) is 9.87. The van der Waals surface area contributed by atoms with Crippen LogP contribution in [0.1, 0.15) is 17.0 Å². The number of benzene rings is 2. The summed E-state index contributed by atoms with van der Waals surface area (Å²) in [5, 5.41) is 13.2. The minimum absolute atomic E-state index is 0.0248. The third-order valence-electron chi connectivity index (χ3n) is 6.40. The van der Waals surface area contributed by atoms with Gasteiger partial charge in [0.15, 0.2) is 5.17 Å². The van der Waals surface area contributed by atoms with Crippen LogP contribution in [0.15, 0.2) is 87.7 Å². The Labute approximate surface area is 218 Å². The van der Waals surface area contributed by atoms with E-state index >= 15 is 0 Å². The molecule has 0 spiro atoms. The van der Waals surface area contributed by atoms with E-state index < -0.39 is 17.9 Å². The molecule has 3 heterocycles. The van der Waals surface area contributed by atoms with Gasteiger partial charge in [-0.05, 0) is 23.3 Å². The number of anilines is 1. The first kappa shape index (κ1) is 24.2. The molecule has 0 bridgehead atoms. The van der Waals surface area contributed by atoms with E-state index in [0.29, 0.717) is 11.3 Å². The number of hydrogen-bond donors (Lipinski definition) is 1. The van der Waals surface area contributed by atoms with Crippen molar-refractivity contribution in [2.75, 3.05) is 32.2 Å². The fourth-order valence-electron chi connectivity index (χ4n) is 4.71. The number of hydrogen-bond acceptors (Lipinski definition) is 10. The number of amidine groups is 1. The standard InChI is InChI=1S/C27H23N5O4S/c1-35-25(33)22-21(17-6-4-3-5-7-17)19(14-28)24(29)32(23(22)26(34)36-2)18-10-8-16(9-11-18)20-15-37-27-30-12-13-31(20)27/h3-11,15,21H,12-13,29H2,1-2H3. The van der Waals surface area contributed by atoms with Gasteiger partial charge in [-0.25, -0.2) is 9.59 Å². The molecule has 2 aromatic carbocycles. The highest BCUT2D eigenvalue weighted by molar-refractivity contribution is 8.16.